The van der Waals surface area contributed by atoms with Crippen molar-refractivity contribution < 1.29 is 0 Å². The Morgan fingerprint density at radius 3 is 2.60 bits per heavy atom. The van der Waals surface area contributed by atoms with E-state index in [-0.39, 0.29) is 0 Å². The maximum absolute atomic E-state index is 4.66. The number of hydrogen-bond acceptors (Lipinski definition) is 1. The maximum Gasteiger partial charge on any atom is 0.0708 e. The van der Waals surface area contributed by atoms with E-state index in [0.717, 1.165) is 9.99 Å². The Kier molecular flexibility index (Phi) is 2.79. The standard InChI is InChI=1S/C13H14BrN/c1-8(2)13-6-9(3)11-7-10(14)4-5-12(11)15-13/h4-8H,1-3H3. The second-order valence-corrected chi connectivity index (χ2v) is 5.10. The van der Waals surface area contributed by atoms with Gasteiger partial charge in [-0.25, -0.2) is 0 Å². The third-order valence-electron chi connectivity index (χ3n) is 2.59. The first-order valence-corrected chi connectivity index (χ1v) is 5.94. The molecule has 0 atom stereocenters. The van der Waals surface area contributed by atoms with Crippen molar-refractivity contribution in [3.63, 3.8) is 0 Å². The summed E-state index contributed by atoms with van der Waals surface area (Å²) < 4.78 is 1.11. The molecule has 0 spiro atoms. The Hall–Kier alpha value is -0.890. The van der Waals surface area contributed by atoms with Crippen molar-refractivity contribution in [2.24, 2.45) is 0 Å². The second-order valence-electron chi connectivity index (χ2n) is 4.18. The molecule has 0 aliphatic heterocycles. The fraction of sp³-hybridized carbons (Fsp3) is 0.308. The number of pyridine rings is 1. The zero-order valence-corrected chi connectivity index (χ0v) is 10.8. The van der Waals surface area contributed by atoms with Crippen LogP contribution >= 0.6 is 15.9 Å². The molecule has 1 aromatic carbocycles. The normalized spacial score (nSPS) is 11.3. The zero-order valence-electron chi connectivity index (χ0n) is 9.21. The largest absolute Gasteiger partial charge is 0.253 e. The quantitative estimate of drug-likeness (QED) is 0.742. The smallest absolute Gasteiger partial charge is 0.0708 e. The van der Waals surface area contributed by atoms with Crippen molar-refractivity contribution >= 4 is 26.8 Å². The van der Waals surface area contributed by atoms with E-state index in [1.807, 2.05) is 6.07 Å². The summed E-state index contributed by atoms with van der Waals surface area (Å²) in [6, 6.07) is 8.42. The van der Waals surface area contributed by atoms with Gasteiger partial charge < -0.3 is 0 Å². The van der Waals surface area contributed by atoms with Gasteiger partial charge in [0.05, 0.1) is 5.52 Å². The van der Waals surface area contributed by atoms with Crippen LogP contribution in [0.15, 0.2) is 28.7 Å². The van der Waals surface area contributed by atoms with E-state index >= 15 is 0 Å². The van der Waals surface area contributed by atoms with Gasteiger partial charge in [0, 0.05) is 15.6 Å². The number of halogens is 1. The van der Waals surface area contributed by atoms with Crippen LogP contribution in [0.4, 0.5) is 0 Å². The third-order valence-corrected chi connectivity index (χ3v) is 3.08. The van der Waals surface area contributed by atoms with E-state index in [4.69, 9.17) is 0 Å². The molecule has 2 aromatic rings. The zero-order chi connectivity index (χ0) is 11.0. The number of rotatable bonds is 1. The molecule has 0 saturated heterocycles. The average Bonchev–Trinajstić information content (AvgIpc) is 2.18. The van der Waals surface area contributed by atoms with E-state index in [9.17, 15) is 0 Å². The molecule has 2 rings (SSSR count). The van der Waals surface area contributed by atoms with Crippen LogP contribution in [-0.4, -0.2) is 4.98 Å². The molecular formula is C13H14BrN. The van der Waals surface area contributed by atoms with Crippen LogP contribution in [0.5, 0.6) is 0 Å². The highest BCUT2D eigenvalue weighted by Crippen LogP contribution is 2.24. The lowest BCUT2D eigenvalue weighted by Gasteiger charge is -2.09. The van der Waals surface area contributed by atoms with Crippen LogP contribution in [0.25, 0.3) is 10.9 Å². The molecule has 78 valence electrons. The first kappa shape index (κ1) is 10.6. The summed E-state index contributed by atoms with van der Waals surface area (Å²) in [5, 5.41) is 1.23. The van der Waals surface area contributed by atoms with Crippen molar-refractivity contribution in [1.82, 2.24) is 4.98 Å². The average molecular weight is 264 g/mol. The number of fused-ring (bicyclic) bond motifs is 1. The first-order valence-electron chi connectivity index (χ1n) is 5.14. The van der Waals surface area contributed by atoms with Gasteiger partial charge in [-0.2, -0.15) is 0 Å². The molecule has 0 radical (unpaired) electrons. The lowest BCUT2D eigenvalue weighted by Crippen LogP contribution is -1.94. The summed E-state index contributed by atoms with van der Waals surface area (Å²) in [7, 11) is 0. The Labute approximate surface area is 98.7 Å². The van der Waals surface area contributed by atoms with Crippen LogP contribution in [0.3, 0.4) is 0 Å². The molecule has 0 aliphatic rings. The Balaban J connectivity index is 2.73. The molecule has 0 aliphatic carbocycles. The van der Waals surface area contributed by atoms with Crippen molar-refractivity contribution in [1.29, 1.82) is 0 Å². The predicted molar refractivity (Wildman–Crippen MR) is 68.3 cm³/mol. The second kappa shape index (κ2) is 3.93. The van der Waals surface area contributed by atoms with Crippen LogP contribution in [0, 0.1) is 6.92 Å². The molecule has 0 fully saturated rings. The molecule has 0 saturated carbocycles. The maximum atomic E-state index is 4.66. The SMILES string of the molecule is Cc1cc(C(C)C)nc2ccc(Br)cc12. The Bertz CT molecular complexity index is 503. The fourth-order valence-electron chi connectivity index (χ4n) is 1.69. The number of nitrogens with zero attached hydrogens (tertiary/aromatic N) is 1. The van der Waals surface area contributed by atoms with Gasteiger partial charge in [-0.3, -0.25) is 4.98 Å². The van der Waals surface area contributed by atoms with Crippen molar-refractivity contribution in [3.05, 3.63) is 40.0 Å². The molecule has 1 aromatic heterocycles. The molecule has 0 bridgehead atoms. The minimum atomic E-state index is 0.483. The molecule has 1 heterocycles. The Morgan fingerprint density at radius 1 is 1.20 bits per heavy atom. The Morgan fingerprint density at radius 2 is 1.93 bits per heavy atom. The third kappa shape index (κ3) is 2.05. The number of aryl methyl sites for hydroxylation is 1. The molecule has 1 nitrogen and oxygen atoms in total. The number of aromatic nitrogens is 1. The lowest BCUT2D eigenvalue weighted by molar-refractivity contribution is 0.828. The highest BCUT2D eigenvalue weighted by molar-refractivity contribution is 9.10. The lowest BCUT2D eigenvalue weighted by atomic mass is 10.0. The number of hydrogen-bond donors (Lipinski definition) is 0. The summed E-state index contributed by atoms with van der Waals surface area (Å²) >= 11 is 3.49. The van der Waals surface area contributed by atoms with Gasteiger partial charge in [-0.15, -0.1) is 0 Å². The summed E-state index contributed by atoms with van der Waals surface area (Å²) in [4.78, 5) is 4.66. The molecule has 0 amide bonds. The van der Waals surface area contributed by atoms with Gasteiger partial charge in [-0.05, 0) is 42.7 Å². The first-order chi connectivity index (χ1) is 7.08. The van der Waals surface area contributed by atoms with Crippen LogP contribution < -0.4 is 0 Å². The molecule has 2 heteroatoms. The van der Waals surface area contributed by atoms with Gasteiger partial charge in [0.1, 0.15) is 0 Å². The van der Waals surface area contributed by atoms with Gasteiger partial charge in [0.2, 0.25) is 0 Å². The van der Waals surface area contributed by atoms with E-state index in [1.165, 1.54) is 16.6 Å². The van der Waals surface area contributed by atoms with Crippen molar-refractivity contribution in [2.75, 3.05) is 0 Å². The molecule has 0 N–H and O–H groups in total. The summed E-state index contributed by atoms with van der Waals surface area (Å²) in [5.41, 5.74) is 3.55. The topological polar surface area (TPSA) is 12.9 Å². The van der Waals surface area contributed by atoms with Gasteiger partial charge in [0.15, 0.2) is 0 Å². The van der Waals surface area contributed by atoms with E-state index in [1.54, 1.807) is 0 Å². The van der Waals surface area contributed by atoms with Crippen LogP contribution in [0.1, 0.15) is 31.0 Å². The van der Waals surface area contributed by atoms with Crippen LogP contribution in [0.2, 0.25) is 0 Å². The fourth-order valence-corrected chi connectivity index (χ4v) is 2.05. The summed E-state index contributed by atoms with van der Waals surface area (Å²) in [6.45, 7) is 6.49. The van der Waals surface area contributed by atoms with Gasteiger partial charge in [-0.1, -0.05) is 29.8 Å². The minimum Gasteiger partial charge on any atom is -0.253 e. The highest BCUT2D eigenvalue weighted by atomic mass is 79.9. The summed E-state index contributed by atoms with van der Waals surface area (Å²) in [6.07, 6.45) is 0. The van der Waals surface area contributed by atoms with E-state index in [0.29, 0.717) is 5.92 Å². The number of benzene rings is 1. The predicted octanol–water partition coefficient (Wildman–Crippen LogP) is 4.43. The summed E-state index contributed by atoms with van der Waals surface area (Å²) in [5.74, 6) is 0.483. The van der Waals surface area contributed by atoms with Crippen LogP contribution in [-0.2, 0) is 0 Å². The van der Waals surface area contributed by atoms with Gasteiger partial charge in [0.25, 0.3) is 0 Å². The monoisotopic (exact) mass is 263 g/mol. The minimum absolute atomic E-state index is 0.483. The van der Waals surface area contributed by atoms with E-state index in [2.05, 4.69) is 59.9 Å². The highest BCUT2D eigenvalue weighted by Gasteiger charge is 2.05. The molecular weight excluding hydrogens is 250 g/mol. The van der Waals surface area contributed by atoms with E-state index < -0.39 is 0 Å². The molecule has 15 heavy (non-hydrogen) atoms. The van der Waals surface area contributed by atoms with Crippen molar-refractivity contribution in [2.45, 2.75) is 26.7 Å². The van der Waals surface area contributed by atoms with Gasteiger partial charge >= 0.3 is 0 Å². The molecule has 0 unspecified atom stereocenters. The van der Waals surface area contributed by atoms with Crippen molar-refractivity contribution in [3.8, 4) is 0 Å².